The molecule has 2 N–H and O–H groups in total. The maximum atomic E-state index is 12.6. The predicted molar refractivity (Wildman–Crippen MR) is 138 cm³/mol. The molecule has 4 rings (SSSR count). The third kappa shape index (κ3) is 5.93. The van der Waals surface area contributed by atoms with Gasteiger partial charge >= 0.3 is 5.97 Å². The molecular formula is C26H22Cl2N2O4S. The summed E-state index contributed by atoms with van der Waals surface area (Å²) in [6, 6.07) is 12.9. The number of carbonyl (C=O) groups excluding carboxylic acids is 2. The summed E-state index contributed by atoms with van der Waals surface area (Å²) >= 11 is 13.6. The summed E-state index contributed by atoms with van der Waals surface area (Å²) in [5.74, 6) is -1.76. The fourth-order valence-corrected chi connectivity index (χ4v) is 5.12. The SMILES string of the molecule is O=C(N[C@@H](Cc1ccc(C2=CCN(C(=O)c3ccsc3)CC2)cc1)C(=O)O)c1c(Cl)cccc1Cl. The molecule has 180 valence electrons. The Morgan fingerprint density at radius 1 is 1.06 bits per heavy atom. The zero-order chi connectivity index (χ0) is 24.9. The number of hydrogen-bond acceptors (Lipinski definition) is 4. The maximum Gasteiger partial charge on any atom is 0.326 e. The van der Waals surface area contributed by atoms with E-state index in [1.165, 1.54) is 23.5 Å². The van der Waals surface area contributed by atoms with Crippen LogP contribution in [-0.4, -0.2) is 46.9 Å². The van der Waals surface area contributed by atoms with Gasteiger partial charge in [0.25, 0.3) is 11.8 Å². The topological polar surface area (TPSA) is 86.7 Å². The van der Waals surface area contributed by atoms with Crippen molar-refractivity contribution in [1.82, 2.24) is 10.2 Å². The average Bonchev–Trinajstić information content (AvgIpc) is 3.39. The van der Waals surface area contributed by atoms with Crippen LogP contribution in [0.5, 0.6) is 0 Å². The molecule has 35 heavy (non-hydrogen) atoms. The van der Waals surface area contributed by atoms with Gasteiger partial charge < -0.3 is 15.3 Å². The number of carboxylic acid groups (broad SMARTS) is 1. The van der Waals surface area contributed by atoms with Crippen molar-refractivity contribution < 1.29 is 19.5 Å². The number of carboxylic acids is 1. The summed E-state index contributed by atoms with van der Waals surface area (Å²) in [6.45, 7) is 1.18. The number of benzene rings is 2. The molecule has 6 nitrogen and oxygen atoms in total. The molecule has 0 unspecified atom stereocenters. The predicted octanol–water partition coefficient (Wildman–Crippen LogP) is 5.41. The molecule has 0 saturated carbocycles. The van der Waals surface area contributed by atoms with Crippen LogP contribution in [0.1, 0.15) is 38.3 Å². The van der Waals surface area contributed by atoms with Gasteiger partial charge in [0, 0.05) is 24.9 Å². The van der Waals surface area contributed by atoms with Crippen molar-refractivity contribution in [3.05, 3.63) is 97.7 Å². The van der Waals surface area contributed by atoms with Gasteiger partial charge in [0.2, 0.25) is 0 Å². The summed E-state index contributed by atoms with van der Waals surface area (Å²) in [6.07, 6.45) is 2.89. The summed E-state index contributed by atoms with van der Waals surface area (Å²) < 4.78 is 0. The van der Waals surface area contributed by atoms with Gasteiger partial charge in [-0.25, -0.2) is 4.79 Å². The van der Waals surface area contributed by atoms with Crippen LogP contribution in [-0.2, 0) is 11.2 Å². The lowest BCUT2D eigenvalue weighted by molar-refractivity contribution is -0.139. The first-order valence-electron chi connectivity index (χ1n) is 10.9. The molecule has 9 heteroatoms. The molecule has 1 aliphatic rings. The molecule has 3 aromatic rings. The molecule has 0 aliphatic carbocycles. The number of amides is 2. The first-order valence-corrected chi connectivity index (χ1v) is 12.6. The average molecular weight is 529 g/mol. The number of rotatable bonds is 7. The second-order valence-electron chi connectivity index (χ2n) is 8.10. The Morgan fingerprint density at radius 3 is 2.34 bits per heavy atom. The van der Waals surface area contributed by atoms with Gasteiger partial charge in [-0.1, -0.05) is 59.6 Å². The molecular weight excluding hydrogens is 507 g/mol. The van der Waals surface area contributed by atoms with E-state index in [4.69, 9.17) is 23.2 Å². The third-order valence-corrected chi connectivity index (χ3v) is 7.14. The molecule has 0 spiro atoms. The van der Waals surface area contributed by atoms with Gasteiger partial charge in [-0.3, -0.25) is 9.59 Å². The van der Waals surface area contributed by atoms with Crippen LogP contribution < -0.4 is 5.32 Å². The largest absolute Gasteiger partial charge is 0.480 e. The second-order valence-corrected chi connectivity index (χ2v) is 9.70. The van der Waals surface area contributed by atoms with Gasteiger partial charge in [-0.05, 0) is 46.7 Å². The number of halogens is 2. The number of nitrogens with one attached hydrogen (secondary N) is 1. The zero-order valence-electron chi connectivity index (χ0n) is 18.5. The molecule has 0 bridgehead atoms. The summed E-state index contributed by atoms with van der Waals surface area (Å²) in [7, 11) is 0. The van der Waals surface area contributed by atoms with E-state index < -0.39 is 17.9 Å². The second kappa shape index (κ2) is 11.1. The van der Waals surface area contributed by atoms with Crippen LogP contribution in [0.25, 0.3) is 5.57 Å². The molecule has 2 aromatic carbocycles. The minimum absolute atomic E-state index is 0.0386. The van der Waals surface area contributed by atoms with Crippen LogP contribution in [0.15, 0.2) is 65.4 Å². The lowest BCUT2D eigenvalue weighted by atomic mass is 9.96. The quantitative estimate of drug-likeness (QED) is 0.429. The Kier molecular flexibility index (Phi) is 7.90. The number of hydrogen-bond donors (Lipinski definition) is 2. The summed E-state index contributed by atoms with van der Waals surface area (Å²) in [4.78, 5) is 38.8. The van der Waals surface area contributed by atoms with Crippen LogP contribution in [0.4, 0.5) is 0 Å². The lowest BCUT2D eigenvalue weighted by Crippen LogP contribution is -2.42. The minimum Gasteiger partial charge on any atom is -0.480 e. The van der Waals surface area contributed by atoms with Crippen molar-refractivity contribution in [3.8, 4) is 0 Å². The molecule has 0 saturated heterocycles. The monoisotopic (exact) mass is 528 g/mol. The fraction of sp³-hybridized carbons (Fsp3) is 0.192. The summed E-state index contributed by atoms with van der Waals surface area (Å²) in [5.41, 5.74) is 3.69. The normalized spacial score (nSPS) is 14.2. The van der Waals surface area contributed by atoms with Crippen LogP contribution >= 0.6 is 34.5 Å². The molecule has 1 aliphatic heterocycles. The molecule has 0 radical (unpaired) electrons. The number of nitrogens with zero attached hydrogens (tertiary/aromatic N) is 1. The van der Waals surface area contributed by atoms with Gasteiger partial charge in [0.05, 0.1) is 21.2 Å². The van der Waals surface area contributed by atoms with Gasteiger partial charge in [0.15, 0.2) is 0 Å². The van der Waals surface area contributed by atoms with Gasteiger partial charge in [0.1, 0.15) is 6.04 Å². The Hall–Kier alpha value is -3.13. The number of aliphatic carboxylic acids is 1. The van der Waals surface area contributed by atoms with Crippen LogP contribution in [0, 0.1) is 0 Å². The molecule has 1 aromatic heterocycles. The maximum absolute atomic E-state index is 12.6. The Bertz CT molecular complexity index is 1250. The Balaban J connectivity index is 1.40. The van der Waals surface area contributed by atoms with Crippen molar-refractivity contribution in [3.63, 3.8) is 0 Å². The van der Waals surface area contributed by atoms with Crippen molar-refractivity contribution in [1.29, 1.82) is 0 Å². The number of thiophene rings is 1. The van der Waals surface area contributed by atoms with E-state index in [1.807, 2.05) is 46.0 Å². The van der Waals surface area contributed by atoms with E-state index >= 15 is 0 Å². The van der Waals surface area contributed by atoms with Gasteiger partial charge in [-0.15, -0.1) is 0 Å². The van der Waals surface area contributed by atoms with E-state index in [9.17, 15) is 19.5 Å². The van der Waals surface area contributed by atoms with Crippen LogP contribution in [0.2, 0.25) is 10.0 Å². The van der Waals surface area contributed by atoms with Crippen LogP contribution in [0.3, 0.4) is 0 Å². The first-order chi connectivity index (χ1) is 16.8. The molecule has 2 amide bonds. The Morgan fingerprint density at radius 2 is 1.77 bits per heavy atom. The highest BCUT2D eigenvalue weighted by Gasteiger charge is 2.24. The highest BCUT2D eigenvalue weighted by Crippen LogP contribution is 2.26. The highest BCUT2D eigenvalue weighted by atomic mass is 35.5. The number of carbonyl (C=O) groups is 3. The van der Waals surface area contributed by atoms with Crippen molar-refractivity contribution in [2.24, 2.45) is 0 Å². The minimum atomic E-state index is -1.16. The van der Waals surface area contributed by atoms with E-state index in [0.717, 1.165) is 23.1 Å². The first kappa shape index (κ1) is 25.0. The van der Waals surface area contributed by atoms with E-state index in [2.05, 4.69) is 11.4 Å². The van der Waals surface area contributed by atoms with Crippen molar-refractivity contribution >= 4 is 57.9 Å². The Labute approximate surface area is 216 Å². The lowest BCUT2D eigenvalue weighted by Gasteiger charge is -2.26. The van der Waals surface area contributed by atoms with Crippen molar-refractivity contribution in [2.45, 2.75) is 18.9 Å². The third-order valence-electron chi connectivity index (χ3n) is 5.82. The smallest absolute Gasteiger partial charge is 0.326 e. The fourth-order valence-electron chi connectivity index (χ4n) is 3.92. The zero-order valence-corrected chi connectivity index (χ0v) is 20.9. The molecule has 0 fully saturated rings. The molecule has 1 atom stereocenters. The van der Waals surface area contributed by atoms with E-state index in [-0.39, 0.29) is 27.9 Å². The van der Waals surface area contributed by atoms with Gasteiger partial charge in [-0.2, -0.15) is 11.3 Å². The molecule has 2 heterocycles. The van der Waals surface area contributed by atoms with E-state index in [0.29, 0.717) is 18.7 Å². The van der Waals surface area contributed by atoms with E-state index in [1.54, 1.807) is 6.07 Å². The standard InChI is InChI=1S/C26H22Cl2N2O4S/c27-20-2-1-3-21(28)23(20)24(31)29-22(26(33)34)14-16-4-6-17(7-5-16)18-8-11-30(12-9-18)25(32)19-10-13-35-15-19/h1-8,10,13,15,22H,9,11-12,14H2,(H,29,31)(H,33,34)/t22-/m0/s1. The van der Waals surface area contributed by atoms with Crippen molar-refractivity contribution in [2.75, 3.05) is 13.1 Å². The highest BCUT2D eigenvalue weighted by molar-refractivity contribution is 7.08. The summed E-state index contributed by atoms with van der Waals surface area (Å²) in [5, 5.41) is 16.2.